The molecule has 3 rings (SSSR count). The van der Waals surface area contributed by atoms with Crippen molar-refractivity contribution < 1.29 is 18.8 Å². The van der Waals surface area contributed by atoms with Crippen molar-refractivity contribution in [2.45, 2.75) is 39.7 Å². The monoisotopic (exact) mass is 386 g/mol. The summed E-state index contributed by atoms with van der Waals surface area (Å²) in [6.07, 6.45) is -0.301. The number of carbonyl (C=O) groups excluding carboxylic acids is 2. The van der Waals surface area contributed by atoms with Crippen molar-refractivity contribution in [3.8, 4) is 11.4 Å². The van der Waals surface area contributed by atoms with E-state index >= 15 is 0 Å². The molecular formula is C20H26N4O4. The first-order chi connectivity index (χ1) is 13.2. The van der Waals surface area contributed by atoms with Gasteiger partial charge in [-0.1, -0.05) is 29.4 Å². The number of aryl methyl sites for hydroxylation is 1. The second-order valence-electron chi connectivity index (χ2n) is 7.85. The molecule has 1 aliphatic heterocycles. The van der Waals surface area contributed by atoms with E-state index in [9.17, 15) is 9.59 Å². The molecule has 0 bridgehead atoms. The van der Waals surface area contributed by atoms with E-state index in [0.717, 1.165) is 11.1 Å². The molecule has 2 amide bonds. The predicted molar refractivity (Wildman–Crippen MR) is 103 cm³/mol. The molecule has 1 aromatic carbocycles. The zero-order chi connectivity index (χ0) is 20.3. The Morgan fingerprint density at radius 1 is 1.11 bits per heavy atom. The van der Waals surface area contributed by atoms with E-state index in [1.54, 1.807) is 9.80 Å². The van der Waals surface area contributed by atoms with Gasteiger partial charge in [-0.25, -0.2) is 4.79 Å². The number of benzene rings is 1. The van der Waals surface area contributed by atoms with E-state index in [4.69, 9.17) is 9.26 Å². The van der Waals surface area contributed by atoms with Crippen LogP contribution in [0, 0.1) is 6.92 Å². The van der Waals surface area contributed by atoms with E-state index in [2.05, 4.69) is 10.1 Å². The first kappa shape index (κ1) is 19.9. The number of carbonyl (C=O) groups is 2. The number of amides is 2. The average Bonchev–Trinajstić information content (AvgIpc) is 3.09. The number of aromatic nitrogens is 2. The highest BCUT2D eigenvalue weighted by Crippen LogP contribution is 2.20. The molecule has 0 unspecified atom stereocenters. The summed E-state index contributed by atoms with van der Waals surface area (Å²) < 4.78 is 10.6. The van der Waals surface area contributed by atoms with E-state index in [1.165, 1.54) is 0 Å². The van der Waals surface area contributed by atoms with Gasteiger partial charge in [0.05, 0.1) is 0 Å². The van der Waals surface area contributed by atoms with Gasteiger partial charge in [0, 0.05) is 31.7 Å². The third-order valence-corrected chi connectivity index (χ3v) is 4.44. The van der Waals surface area contributed by atoms with Crippen LogP contribution in [0.25, 0.3) is 11.4 Å². The smallest absolute Gasteiger partial charge is 0.410 e. The molecule has 1 saturated heterocycles. The normalized spacial score (nSPS) is 14.9. The summed E-state index contributed by atoms with van der Waals surface area (Å²) in [6, 6.07) is 7.75. The molecular weight excluding hydrogens is 360 g/mol. The molecule has 2 heterocycles. The Morgan fingerprint density at radius 2 is 1.75 bits per heavy atom. The predicted octanol–water partition coefficient (Wildman–Crippen LogP) is 2.67. The Hall–Kier alpha value is -2.90. The van der Waals surface area contributed by atoms with E-state index < -0.39 is 5.60 Å². The molecule has 1 aromatic heterocycles. The molecule has 0 aliphatic carbocycles. The Labute approximate surface area is 164 Å². The summed E-state index contributed by atoms with van der Waals surface area (Å²) in [5.74, 6) is 0.678. The number of hydrogen-bond donors (Lipinski definition) is 0. The fourth-order valence-corrected chi connectivity index (χ4v) is 2.97. The molecule has 8 heteroatoms. The van der Waals surface area contributed by atoms with Crippen molar-refractivity contribution in [3.05, 3.63) is 35.7 Å². The zero-order valence-corrected chi connectivity index (χ0v) is 16.8. The minimum atomic E-state index is -0.531. The van der Waals surface area contributed by atoms with E-state index in [0.29, 0.717) is 32.0 Å². The minimum Gasteiger partial charge on any atom is -0.444 e. The van der Waals surface area contributed by atoms with Gasteiger partial charge in [-0.3, -0.25) is 4.79 Å². The van der Waals surface area contributed by atoms with Crippen molar-refractivity contribution in [1.29, 1.82) is 0 Å². The standard InChI is InChI=1S/C20H26N4O4/c1-14-7-5-6-8-15(14)18-21-16(28-22-18)13-17(25)23-9-11-24(12-10-23)19(26)27-20(2,3)4/h5-8H,9-13H2,1-4H3. The fourth-order valence-electron chi connectivity index (χ4n) is 2.97. The minimum absolute atomic E-state index is 0.0469. The summed E-state index contributed by atoms with van der Waals surface area (Å²) in [5.41, 5.74) is 1.40. The van der Waals surface area contributed by atoms with Gasteiger partial charge in [0.25, 0.3) is 0 Å². The molecule has 1 fully saturated rings. The third-order valence-electron chi connectivity index (χ3n) is 4.44. The van der Waals surface area contributed by atoms with Crippen LogP contribution in [0.15, 0.2) is 28.8 Å². The summed E-state index contributed by atoms with van der Waals surface area (Å²) in [6.45, 7) is 9.27. The Balaban J connectivity index is 1.54. The van der Waals surface area contributed by atoms with Crippen molar-refractivity contribution in [3.63, 3.8) is 0 Å². The molecule has 0 atom stereocenters. The van der Waals surface area contributed by atoms with Gasteiger partial charge in [-0.15, -0.1) is 0 Å². The molecule has 0 spiro atoms. The summed E-state index contributed by atoms with van der Waals surface area (Å²) in [5, 5.41) is 3.99. The van der Waals surface area contributed by atoms with Crippen LogP contribution in [0.4, 0.5) is 4.79 Å². The maximum Gasteiger partial charge on any atom is 0.410 e. The van der Waals surface area contributed by atoms with Crippen LogP contribution >= 0.6 is 0 Å². The first-order valence-corrected chi connectivity index (χ1v) is 9.37. The average molecular weight is 386 g/mol. The lowest BCUT2D eigenvalue weighted by molar-refractivity contribution is -0.132. The topological polar surface area (TPSA) is 88.8 Å². The van der Waals surface area contributed by atoms with Gasteiger partial charge in [0.1, 0.15) is 12.0 Å². The molecule has 1 aliphatic rings. The van der Waals surface area contributed by atoms with Gasteiger partial charge in [0.2, 0.25) is 17.6 Å². The summed E-state index contributed by atoms with van der Waals surface area (Å²) >= 11 is 0. The quantitative estimate of drug-likeness (QED) is 0.806. The Bertz CT molecular complexity index is 848. The highest BCUT2D eigenvalue weighted by molar-refractivity contribution is 5.78. The van der Waals surface area contributed by atoms with Crippen LogP contribution in [-0.2, 0) is 16.0 Å². The largest absolute Gasteiger partial charge is 0.444 e. The second kappa shape index (κ2) is 8.00. The number of ether oxygens (including phenoxy) is 1. The van der Waals surface area contributed by atoms with Gasteiger partial charge in [-0.2, -0.15) is 4.98 Å². The van der Waals surface area contributed by atoms with Gasteiger partial charge in [0.15, 0.2) is 0 Å². The molecule has 28 heavy (non-hydrogen) atoms. The fraction of sp³-hybridized carbons (Fsp3) is 0.500. The van der Waals surface area contributed by atoms with Crippen LogP contribution in [0.2, 0.25) is 0 Å². The van der Waals surface area contributed by atoms with Crippen LogP contribution in [-0.4, -0.2) is 63.7 Å². The van der Waals surface area contributed by atoms with Crippen molar-refractivity contribution in [2.24, 2.45) is 0 Å². The molecule has 0 radical (unpaired) electrons. The highest BCUT2D eigenvalue weighted by Gasteiger charge is 2.28. The van der Waals surface area contributed by atoms with E-state index in [-0.39, 0.29) is 24.3 Å². The van der Waals surface area contributed by atoms with Crippen LogP contribution in [0.3, 0.4) is 0 Å². The van der Waals surface area contributed by atoms with E-state index in [1.807, 2.05) is 52.0 Å². The number of hydrogen-bond acceptors (Lipinski definition) is 6. The summed E-state index contributed by atoms with van der Waals surface area (Å²) in [4.78, 5) is 32.3. The zero-order valence-electron chi connectivity index (χ0n) is 16.8. The third kappa shape index (κ3) is 4.88. The van der Waals surface area contributed by atoms with Crippen molar-refractivity contribution >= 4 is 12.0 Å². The summed E-state index contributed by atoms with van der Waals surface area (Å²) in [7, 11) is 0. The van der Waals surface area contributed by atoms with Gasteiger partial charge >= 0.3 is 6.09 Å². The lowest BCUT2D eigenvalue weighted by Crippen LogP contribution is -2.52. The van der Waals surface area contributed by atoms with Crippen LogP contribution < -0.4 is 0 Å². The number of rotatable bonds is 3. The number of piperazine rings is 1. The number of nitrogens with zero attached hydrogens (tertiary/aromatic N) is 4. The molecule has 0 N–H and O–H groups in total. The molecule has 8 nitrogen and oxygen atoms in total. The highest BCUT2D eigenvalue weighted by atomic mass is 16.6. The van der Waals surface area contributed by atoms with Crippen LogP contribution in [0.5, 0.6) is 0 Å². The Kier molecular flexibility index (Phi) is 5.67. The molecule has 2 aromatic rings. The molecule has 0 saturated carbocycles. The second-order valence-corrected chi connectivity index (χ2v) is 7.85. The maximum atomic E-state index is 12.5. The first-order valence-electron chi connectivity index (χ1n) is 9.37. The van der Waals surface area contributed by atoms with Crippen LogP contribution in [0.1, 0.15) is 32.2 Å². The lowest BCUT2D eigenvalue weighted by atomic mass is 10.1. The van der Waals surface area contributed by atoms with Gasteiger partial charge in [-0.05, 0) is 33.3 Å². The van der Waals surface area contributed by atoms with Crippen molar-refractivity contribution in [2.75, 3.05) is 26.2 Å². The van der Waals surface area contributed by atoms with Gasteiger partial charge < -0.3 is 19.1 Å². The molecule has 150 valence electrons. The maximum absolute atomic E-state index is 12.5. The van der Waals surface area contributed by atoms with Crippen molar-refractivity contribution in [1.82, 2.24) is 19.9 Å². The lowest BCUT2D eigenvalue weighted by Gasteiger charge is -2.35. The Morgan fingerprint density at radius 3 is 2.39 bits per heavy atom. The SMILES string of the molecule is Cc1ccccc1-c1noc(CC(=O)N2CCN(C(=O)OC(C)(C)C)CC2)n1.